The van der Waals surface area contributed by atoms with Gasteiger partial charge in [-0.15, -0.1) is 0 Å². The number of esters is 1. The van der Waals surface area contributed by atoms with Gasteiger partial charge in [0.05, 0.1) is 6.61 Å². The SMILES string of the molecule is CC(C)[C@H](N)C(=O)OCCCN1CCN(Cc2ccccc2)CC1. The van der Waals surface area contributed by atoms with Crippen molar-refractivity contribution in [2.75, 3.05) is 39.3 Å². The molecule has 2 N–H and O–H groups in total. The Morgan fingerprint density at radius 2 is 1.75 bits per heavy atom. The Morgan fingerprint density at radius 3 is 2.38 bits per heavy atom. The lowest BCUT2D eigenvalue weighted by Gasteiger charge is -2.34. The highest BCUT2D eigenvalue weighted by Gasteiger charge is 2.19. The van der Waals surface area contributed by atoms with Crippen LogP contribution in [0.2, 0.25) is 0 Å². The number of benzene rings is 1. The average molecular weight is 333 g/mol. The van der Waals surface area contributed by atoms with E-state index in [1.54, 1.807) is 0 Å². The molecule has 0 bridgehead atoms. The van der Waals surface area contributed by atoms with Crippen LogP contribution in [0.25, 0.3) is 0 Å². The Labute approximate surface area is 145 Å². The first-order chi connectivity index (χ1) is 11.6. The van der Waals surface area contributed by atoms with Gasteiger partial charge in [-0.05, 0) is 17.9 Å². The monoisotopic (exact) mass is 333 g/mol. The minimum Gasteiger partial charge on any atom is -0.464 e. The minimum atomic E-state index is -0.508. The molecule has 0 saturated carbocycles. The van der Waals surface area contributed by atoms with E-state index in [0.717, 1.165) is 45.7 Å². The van der Waals surface area contributed by atoms with Crippen molar-refractivity contribution in [1.29, 1.82) is 0 Å². The molecule has 1 aromatic rings. The van der Waals surface area contributed by atoms with Gasteiger partial charge >= 0.3 is 5.97 Å². The molecule has 1 aromatic carbocycles. The van der Waals surface area contributed by atoms with Gasteiger partial charge in [0.1, 0.15) is 6.04 Å². The van der Waals surface area contributed by atoms with Crippen molar-refractivity contribution >= 4 is 5.97 Å². The van der Waals surface area contributed by atoms with Crippen molar-refractivity contribution in [2.45, 2.75) is 32.9 Å². The lowest BCUT2D eigenvalue weighted by Crippen LogP contribution is -2.46. The van der Waals surface area contributed by atoms with E-state index in [0.29, 0.717) is 6.61 Å². The number of rotatable bonds is 8. The van der Waals surface area contributed by atoms with E-state index in [1.165, 1.54) is 5.56 Å². The largest absolute Gasteiger partial charge is 0.464 e. The number of nitrogens with zero attached hydrogens (tertiary/aromatic N) is 2. The fourth-order valence-electron chi connectivity index (χ4n) is 2.84. The van der Waals surface area contributed by atoms with Crippen LogP contribution in [0.4, 0.5) is 0 Å². The van der Waals surface area contributed by atoms with Crippen molar-refractivity contribution in [2.24, 2.45) is 11.7 Å². The zero-order valence-corrected chi connectivity index (χ0v) is 15.0. The summed E-state index contributed by atoms with van der Waals surface area (Å²) in [6.45, 7) is 10.7. The smallest absolute Gasteiger partial charge is 0.323 e. The molecule has 0 spiro atoms. The summed E-state index contributed by atoms with van der Waals surface area (Å²) in [5.74, 6) is -0.159. The van der Waals surface area contributed by atoms with Crippen LogP contribution >= 0.6 is 0 Å². The molecule has 1 aliphatic rings. The lowest BCUT2D eigenvalue weighted by atomic mass is 10.1. The Morgan fingerprint density at radius 1 is 1.12 bits per heavy atom. The third-order valence-electron chi connectivity index (χ3n) is 4.57. The molecular weight excluding hydrogens is 302 g/mol. The Kier molecular flexibility index (Phi) is 7.69. The molecule has 0 unspecified atom stereocenters. The molecule has 5 heteroatoms. The van der Waals surface area contributed by atoms with Crippen LogP contribution < -0.4 is 5.73 Å². The van der Waals surface area contributed by atoms with E-state index < -0.39 is 6.04 Å². The Hall–Kier alpha value is -1.43. The fraction of sp³-hybridized carbons (Fsp3) is 0.632. The van der Waals surface area contributed by atoms with Gasteiger partial charge in [0.2, 0.25) is 0 Å². The zero-order chi connectivity index (χ0) is 17.4. The quantitative estimate of drug-likeness (QED) is 0.580. The van der Waals surface area contributed by atoms with Gasteiger partial charge in [-0.1, -0.05) is 44.2 Å². The standard InChI is InChI=1S/C19H31N3O2/c1-16(2)18(20)19(23)24-14-6-9-21-10-12-22(13-11-21)15-17-7-4-3-5-8-17/h3-5,7-8,16,18H,6,9-15,20H2,1-2H3/t18-/m0/s1. The van der Waals surface area contributed by atoms with Crippen LogP contribution in [0.15, 0.2) is 30.3 Å². The summed E-state index contributed by atoms with van der Waals surface area (Å²) in [4.78, 5) is 16.6. The first kappa shape index (κ1) is 18.9. The van der Waals surface area contributed by atoms with Crippen molar-refractivity contribution in [3.8, 4) is 0 Å². The molecule has 1 fully saturated rings. The normalized spacial score (nSPS) is 17.8. The first-order valence-corrected chi connectivity index (χ1v) is 8.97. The lowest BCUT2D eigenvalue weighted by molar-refractivity contribution is -0.146. The third kappa shape index (κ3) is 6.23. The molecule has 1 heterocycles. The molecule has 134 valence electrons. The van der Waals surface area contributed by atoms with Crippen LogP contribution in [0.3, 0.4) is 0 Å². The van der Waals surface area contributed by atoms with Crippen molar-refractivity contribution in [3.05, 3.63) is 35.9 Å². The number of nitrogens with two attached hydrogens (primary N) is 1. The summed E-state index contributed by atoms with van der Waals surface area (Å²) < 4.78 is 5.26. The van der Waals surface area contributed by atoms with Gasteiger partial charge < -0.3 is 15.4 Å². The number of hydrogen-bond donors (Lipinski definition) is 1. The molecular formula is C19H31N3O2. The van der Waals surface area contributed by atoms with Gasteiger partial charge in [0, 0.05) is 39.3 Å². The maximum Gasteiger partial charge on any atom is 0.323 e. The number of carbonyl (C=O) groups is 1. The molecule has 1 saturated heterocycles. The number of hydrogen-bond acceptors (Lipinski definition) is 5. The highest BCUT2D eigenvalue weighted by molar-refractivity contribution is 5.75. The van der Waals surface area contributed by atoms with Crippen LogP contribution in [-0.4, -0.2) is 61.1 Å². The van der Waals surface area contributed by atoms with Crippen molar-refractivity contribution < 1.29 is 9.53 Å². The Balaban J connectivity index is 1.57. The predicted octanol–water partition coefficient (Wildman–Crippen LogP) is 1.72. The summed E-state index contributed by atoms with van der Waals surface area (Å²) in [6.07, 6.45) is 0.870. The second-order valence-electron chi connectivity index (χ2n) is 6.89. The summed E-state index contributed by atoms with van der Waals surface area (Å²) in [5, 5.41) is 0. The van der Waals surface area contributed by atoms with Crippen LogP contribution in [0, 0.1) is 5.92 Å². The van der Waals surface area contributed by atoms with Crippen LogP contribution in [-0.2, 0) is 16.1 Å². The molecule has 1 aliphatic heterocycles. The number of piperazine rings is 1. The number of carbonyl (C=O) groups excluding carboxylic acids is 1. The second kappa shape index (κ2) is 9.77. The third-order valence-corrected chi connectivity index (χ3v) is 4.57. The second-order valence-corrected chi connectivity index (χ2v) is 6.89. The summed E-state index contributed by atoms with van der Waals surface area (Å²) in [6, 6.07) is 10.1. The molecule has 24 heavy (non-hydrogen) atoms. The van der Waals surface area contributed by atoms with E-state index in [4.69, 9.17) is 10.5 Å². The molecule has 0 aromatic heterocycles. The maximum atomic E-state index is 11.7. The van der Waals surface area contributed by atoms with Crippen LogP contribution in [0.1, 0.15) is 25.8 Å². The summed E-state index contributed by atoms with van der Waals surface area (Å²) in [5.41, 5.74) is 7.15. The highest BCUT2D eigenvalue weighted by atomic mass is 16.5. The van der Waals surface area contributed by atoms with E-state index in [2.05, 4.69) is 40.1 Å². The van der Waals surface area contributed by atoms with Gasteiger partial charge in [-0.25, -0.2) is 0 Å². The van der Waals surface area contributed by atoms with E-state index in [1.807, 2.05) is 13.8 Å². The topological polar surface area (TPSA) is 58.8 Å². The summed E-state index contributed by atoms with van der Waals surface area (Å²) >= 11 is 0. The van der Waals surface area contributed by atoms with E-state index in [-0.39, 0.29) is 11.9 Å². The Bertz CT molecular complexity index is 485. The first-order valence-electron chi connectivity index (χ1n) is 8.97. The average Bonchev–Trinajstić information content (AvgIpc) is 2.60. The van der Waals surface area contributed by atoms with Crippen molar-refractivity contribution in [1.82, 2.24) is 9.80 Å². The van der Waals surface area contributed by atoms with Crippen LogP contribution in [0.5, 0.6) is 0 Å². The minimum absolute atomic E-state index is 0.121. The van der Waals surface area contributed by atoms with E-state index >= 15 is 0 Å². The molecule has 1 atom stereocenters. The van der Waals surface area contributed by atoms with Gasteiger partial charge in [-0.3, -0.25) is 9.69 Å². The predicted molar refractivity (Wildman–Crippen MR) is 96.5 cm³/mol. The molecule has 2 rings (SSSR count). The maximum absolute atomic E-state index is 11.7. The highest BCUT2D eigenvalue weighted by Crippen LogP contribution is 2.09. The summed E-state index contributed by atoms with van der Waals surface area (Å²) in [7, 11) is 0. The van der Waals surface area contributed by atoms with Gasteiger partial charge in [0.25, 0.3) is 0 Å². The molecule has 0 radical (unpaired) electrons. The molecule has 0 amide bonds. The number of ether oxygens (including phenoxy) is 1. The van der Waals surface area contributed by atoms with Gasteiger partial charge in [-0.2, -0.15) is 0 Å². The molecule has 5 nitrogen and oxygen atoms in total. The van der Waals surface area contributed by atoms with Gasteiger partial charge in [0.15, 0.2) is 0 Å². The fourth-order valence-corrected chi connectivity index (χ4v) is 2.84. The zero-order valence-electron chi connectivity index (χ0n) is 15.0. The van der Waals surface area contributed by atoms with E-state index in [9.17, 15) is 4.79 Å². The molecule has 0 aliphatic carbocycles. The van der Waals surface area contributed by atoms with Crippen molar-refractivity contribution in [3.63, 3.8) is 0 Å².